The third-order valence-electron chi connectivity index (χ3n) is 1.77. The van der Waals surface area contributed by atoms with Crippen LogP contribution >= 0.6 is 0 Å². The number of carbonyl (C=O) groups is 2. The summed E-state index contributed by atoms with van der Waals surface area (Å²) in [6.45, 7) is 0.128. The average molecular weight is 205 g/mol. The van der Waals surface area contributed by atoms with Crippen LogP contribution in [0.4, 0.5) is 9.59 Å². The van der Waals surface area contributed by atoms with Crippen molar-refractivity contribution in [3.05, 3.63) is 35.9 Å². The van der Waals surface area contributed by atoms with E-state index in [-0.39, 0.29) is 6.61 Å². The molecule has 2 rings (SSSR count). The van der Waals surface area contributed by atoms with E-state index in [1.54, 1.807) is 0 Å². The van der Waals surface area contributed by atoms with Gasteiger partial charge in [-0.05, 0) is 5.56 Å². The van der Waals surface area contributed by atoms with Crippen molar-refractivity contribution in [2.45, 2.75) is 6.61 Å². The lowest BCUT2D eigenvalue weighted by Crippen LogP contribution is -2.27. The molecule has 0 radical (unpaired) electrons. The fourth-order valence-corrected chi connectivity index (χ4v) is 1.07. The summed E-state index contributed by atoms with van der Waals surface area (Å²) in [4.78, 5) is 26.8. The smallest absolute Gasteiger partial charge is 0.256 e. The monoisotopic (exact) mass is 205 g/mol. The highest BCUT2D eigenvalue weighted by Gasteiger charge is 2.28. The first kappa shape index (κ1) is 9.47. The Bertz CT molecular complexity index is 398. The van der Waals surface area contributed by atoms with Gasteiger partial charge in [0.05, 0.1) is 0 Å². The van der Waals surface area contributed by atoms with Crippen LogP contribution in [0.5, 0.6) is 0 Å². The molecule has 1 aromatic carbocycles. The number of hydrogen-bond donors (Lipinski definition) is 0. The Kier molecular flexibility index (Phi) is 2.51. The van der Waals surface area contributed by atoms with Crippen molar-refractivity contribution >= 4 is 12.1 Å². The van der Waals surface area contributed by atoms with E-state index in [4.69, 9.17) is 4.84 Å². The lowest BCUT2D eigenvalue weighted by molar-refractivity contribution is -0.0810. The Morgan fingerprint density at radius 1 is 1.07 bits per heavy atom. The summed E-state index contributed by atoms with van der Waals surface area (Å²) < 4.78 is 0. The van der Waals surface area contributed by atoms with E-state index >= 15 is 0 Å². The van der Waals surface area contributed by atoms with Gasteiger partial charge in [0.1, 0.15) is 6.61 Å². The van der Waals surface area contributed by atoms with Crippen LogP contribution in [0.1, 0.15) is 5.56 Å². The van der Waals surface area contributed by atoms with Gasteiger partial charge in [-0.3, -0.25) is 4.84 Å². The number of amides is 4. The van der Waals surface area contributed by atoms with E-state index in [1.165, 1.54) is 0 Å². The predicted molar refractivity (Wildman–Crippen MR) is 48.7 cm³/mol. The molecule has 1 aromatic rings. The molecule has 1 aliphatic heterocycles. The van der Waals surface area contributed by atoms with E-state index < -0.39 is 12.1 Å². The molecular weight excluding hydrogens is 198 g/mol. The van der Waals surface area contributed by atoms with E-state index in [2.05, 4.69) is 10.2 Å². The highest BCUT2D eigenvalue weighted by atomic mass is 16.7. The minimum atomic E-state index is -0.795. The number of urea groups is 2. The van der Waals surface area contributed by atoms with Crippen molar-refractivity contribution in [2.24, 2.45) is 10.2 Å². The topological polar surface area (TPSA) is 71.3 Å². The van der Waals surface area contributed by atoms with Gasteiger partial charge in [0.2, 0.25) is 0 Å². The molecule has 0 spiro atoms. The second-order valence-corrected chi connectivity index (χ2v) is 2.82. The Labute approximate surface area is 85.1 Å². The Morgan fingerprint density at radius 2 is 1.67 bits per heavy atom. The van der Waals surface area contributed by atoms with Crippen molar-refractivity contribution in [3.8, 4) is 0 Å². The maximum atomic E-state index is 10.9. The van der Waals surface area contributed by atoms with E-state index in [9.17, 15) is 9.59 Å². The number of carbonyl (C=O) groups excluding carboxylic acids is 2. The van der Waals surface area contributed by atoms with Gasteiger partial charge in [0.15, 0.2) is 0 Å². The van der Waals surface area contributed by atoms with Crippen molar-refractivity contribution < 1.29 is 14.4 Å². The van der Waals surface area contributed by atoms with E-state index in [0.29, 0.717) is 5.06 Å². The van der Waals surface area contributed by atoms with Crippen molar-refractivity contribution in [2.75, 3.05) is 0 Å². The zero-order chi connectivity index (χ0) is 10.7. The summed E-state index contributed by atoms with van der Waals surface area (Å²) in [5.74, 6) is 0. The lowest BCUT2D eigenvalue weighted by Gasteiger charge is -2.09. The first-order valence-electron chi connectivity index (χ1n) is 4.24. The maximum Gasteiger partial charge on any atom is 0.395 e. The Morgan fingerprint density at radius 3 is 2.27 bits per heavy atom. The Balaban J connectivity index is 1.95. The van der Waals surface area contributed by atoms with Gasteiger partial charge in [0.25, 0.3) is 0 Å². The number of hydrogen-bond acceptors (Lipinski definition) is 3. The molecule has 4 amide bonds. The van der Waals surface area contributed by atoms with Crippen molar-refractivity contribution in [1.82, 2.24) is 5.06 Å². The fourth-order valence-electron chi connectivity index (χ4n) is 1.07. The van der Waals surface area contributed by atoms with Crippen LogP contribution in [0.15, 0.2) is 40.6 Å². The summed E-state index contributed by atoms with van der Waals surface area (Å²) in [5, 5.41) is 6.63. The van der Waals surface area contributed by atoms with Crippen LogP contribution in [0.3, 0.4) is 0 Å². The van der Waals surface area contributed by atoms with Crippen LogP contribution < -0.4 is 0 Å². The molecule has 0 fully saturated rings. The second kappa shape index (κ2) is 3.97. The summed E-state index contributed by atoms with van der Waals surface area (Å²) >= 11 is 0. The number of benzene rings is 1. The van der Waals surface area contributed by atoms with Gasteiger partial charge in [-0.1, -0.05) is 40.6 Å². The second-order valence-electron chi connectivity index (χ2n) is 2.82. The molecule has 15 heavy (non-hydrogen) atoms. The Hall–Kier alpha value is -2.08. The first-order valence-corrected chi connectivity index (χ1v) is 4.24. The molecule has 0 saturated heterocycles. The molecule has 0 atom stereocenters. The standard InChI is InChI=1S/C9H7N3O3/c13-8-10-11-9(14)12(8)15-6-7-4-2-1-3-5-7/h1-5H,6H2. The molecular formula is C9H7N3O3. The van der Waals surface area contributed by atoms with Crippen LogP contribution in [0.2, 0.25) is 0 Å². The molecule has 1 heterocycles. The van der Waals surface area contributed by atoms with Crippen molar-refractivity contribution in [1.29, 1.82) is 0 Å². The number of nitrogens with zero attached hydrogens (tertiary/aromatic N) is 3. The average Bonchev–Trinajstić information content (AvgIpc) is 2.58. The summed E-state index contributed by atoms with van der Waals surface area (Å²) in [7, 11) is 0. The molecule has 0 N–H and O–H groups in total. The molecule has 0 saturated carbocycles. The maximum absolute atomic E-state index is 10.9. The zero-order valence-corrected chi connectivity index (χ0v) is 7.66. The van der Waals surface area contributed by atoms with Crippen LogP contribution in [0.25, 0.3) is 0 Å². The molecule has 0 unspecified atom stereocenters. The summed E-state index contributed by atoms with van der Waals surface area (Å²) in [6, 6.07) is 7.58. The van der Waals surface area contributed by atoms with Gasteiger partial charge >= 0.3 is 12.1 Å². The SMILES string of the molecule is O=C1N=NC(=O)N1OCc1ccccc1. The highest BCUT2D eigenvalue weighted by Crippen LogP contribution is 2.10. The molecule has 6 nitrogen and oxygen atoms in total. The minimum Gasteiger partial charge on any atom is -0.256 e. The zero-order valence-electron chi connectivity index (χ0n) is 7.66. The number of azo groups is 1. The van der Waals surface area contributed by atoms with Crippen LogP contribution in [0, 0.1) is 0 Å². The molecule has 0 bridgehead atoms. The van der Waals surface area contributed by atoms with Crippen LogP contribution in [-0.2, 0) is 11.4 Å². The molecule has 0 aliphatic carbocycles. The van der Waals surface area contributed by atoms with E-state index in [0.717, 1.165) is 5.56 Å². The summed E-state index contributed by atoms with van der Waals surface area (Å²) in [5.41, 5.74) is 0.852. The number of rotatable bonds is 3. The van der Waals surface area contributed by atoms with Gasteiger partial charge in [-0.15, -0.1) is 5.06 Å². The lowest BCUT2D eigenvalue weighted by atomic mass is 10.2. The van der Waals surface area contributed by atoms with Crippen molar-refractivity contribution in [3.63, 3.8) is 0 Å². The van der Waals surface area contributed by atoms with Gasteiger partial charge in [0, 0.05) is 0 Å². The van der Waals surface area contributed by atoms with Crippen LogP contribution in [-0.4, -0.2) is 17.1 Å². The number of hydroxylamine groups is 2. The van der Waals surface area contributed by atoms with Gasteiger partial charge in [-0.2, -0.15) is 0 Å². The third kappa shape index (κ3) is 2.05. The largest absolute Gasteiger partial charge is 0.395 e. The quantitative estimate of drug-likeness (QED) is 0.758. The van der Waals surface area contributed by atoms with E-state index in [1.807, 2.05) is 30.3 Å². The number of imide groups is 1. The minimum absolute atomic E-state index is 0.128. The normalized spacial score (nSPS) is 15.1. The molecule has 1 aliphatic rings. The third-order valence-corrected chi connectivity index (χ3v) is 1.77. The first-order chi connectivity index (χ1) is 7.27. The van der Waals surface area contributed by atoms with Gasteiger partial charge < -0.3 is 0 Å². The molecule has 6 heteroatoms. The summed E-state index contributed by atoms with van der Waals surface area (Å²) in [6.07, 6.45) is 0. The van der Waals surface area contributed by atoms with Gasteiger partial charge in [-0.25, -0.2) is 9.59 Å². The fraction of sp³-hybridized carbons (Fsp3) is 0.111. The molecule has 0 aromatic heterocycles. The molecule has 76 valence electrons. The predicted octanol–water partition coefficient (Wildman–Crippen LogP) is 2.13. The highest BCUT2D eigenvalue weighted by molar-refractivity contribution is 5.97.